The van der Waals surface area contributed by atoms with Gasteiger partial charge in [-0.3, -0.25) is 15.3 Å². The minimum absolute atomic E-state index is 0.0923. The Bertz CT molecular complexity index is 528. The van der Waals surface area contributed by atoms with Crippen molar-refractivity contribution in [2.24, 2.45) is 0 Å². The summed E-state index contributed by atoms with van der Waals surface area (Å²) in [6, 6.07) is 3.88. The summed E-state index contributed by atoms with van der Waals surface area (Å²) in [6.07, 6.45) is 5.19. The summed E-state index contributed by atoms with van der Waals surface area (Å²) >= 11 is 3.38. The average Bonchev–Trinajstić information content (AvgIpc) is 3.15. The number of hydrogen-bond donors (Lipinski definition) is 1. The predicted molar refractivity (Wildman–Crippen MR) is 82.1 cm³/mol. The van der Waals surface area contributed by atoms with E-state index in [1.54, 1.807) is 6.20 Å². The lowest BCUT2D eigenvalue weighted by Crippen LogP contribution is -2.33. The van der Waals surface area contributed by atoms with Gasteiger partial charge >= 0.3 is 0 Å². The Morgan fingerprint density at radius 2 is 2.19 bits per heavy atom. The molecule has 5 nitrogen and oxygen atoms in total. The van der Waals surface area contributed by atoms with Crippen LogP contribution >= 0.6 is 15.9 Å². The van der Waals surface area contributed by atoms with Crippen molar-refractivity contribution < 1.29 is 14.3 Å². The summed E-state index contributed by atoms with van der Waals surface area (Å²) in [7, 11) is 0. The summed E-state index contributed by atoms with van der Waals surface area (Å²) in [6.45, 7) is 4.70. The Hall–Kier alpha value is -0.950. The van der Waals surface area contributed by atoms with Crippen LogP contribution in [0.3, 0.4) is 0 Å². The zero-order valence-electron chi connectivity index (χ0n) is 12.1. The fourth-order valence-corrected chi connectivity index (χ4v) is 2.82. The van der Waals surface area contributed by atoms with Gasteiger partial charge in [-0.2, -0.15) is 0 Å². The average molecular weight is 355 g/mol. The fraction of sp³-hybridized carbons (Fsp3) is 0.533. The van der Waals surface area contributed by atoms with Gasteiger partial charge in [0.2, 0.25) is 0 Å². The monoisotopic (exact) mass is 354 g/mol. The van der Waals surface area contributed by atoms with Crippen molar-refractivity contribution in [2.75, 3.05) is 6.61 Å². The summed E-state index contributed by atoms with van der Waals surface area (Å²) in [5.74, 6) is -0.458. The van der Waals surface area contributed by atoms with Crippen LogP contribution < -0.4 is 5.48 Å². The number of rotatable bonds is 4. The highest BCUT2D eigenvalue weighted by Gasteiger charge is 2.43. The van der Waals surface area contributed by atoms with Gasteiger partial charge in [-0.05, 0) is 47.0 Å². The smallest absolute Gasteiger partial charge is 0.168 e. The molecule has 0 spiro atoms. The van der Waals surface area contributed by atoms with Gasteiger partial charge in [0.15, 0.2) is 5.79 Å². The third-order valence-electron chi connectivity index (χ3n) is 3.96. The molecule has 2 aliphatic rings. The number of halogens is 1. The molecule has 3 heterocycles. The predicted octanol–water partition coefficient (Wildman–Crippen LogP) is 3.02. The van der Waals surface area contributed by atoms with Crippen molar-refractivity contribution in [3.8, 4) is 0 Å². The highest BCUT2D eigenvalue weighted by atomic mass is 79.9. The van der Waals surface area contributed by atoms with E-state index in [-0.39, 0.29) is 12.2 Å². The van der Waals surface area contributed by atoms with Crippen molar-refractivity contribution >= 4 is 21.6 Å². The molecule has 0 bridgehead atoms. The molecule has 0 amide bonds. The number of hydroxylamine groups is 1. The number of nitrogens with zero attached hydrogens (tertiary/aromatic N) is 1. The highest BCUT2D eigenvalue weighted by molar-refractivity contribution is 9.10. The van der Waals surface area contributed by atoms with Crippen LogP contribution in [0.1, 0.15) is 32.4 Å². The van der Waals surface area contributed by atoms with Gasteiger partial charge in [0.25, 0.3) is 0 Å². The fourth-order valence-electron chi connectivity index (χ4n) is 2.58. The molecular weight excluding hydrogens is 336 g/mol. The van der Waals surface area contributed by atoms with Gasteiger partial charge in [0.1, 0.15) is 12.2 Å². The van der Waals surface area contributed by atoms with Crippen molar-refractivity contribution in [2.45, 2.75) is 44.7 Å². The summed E-state index contributed by atoms with van der Waals surface area (Å²) in [5, 5.41) is 0. The van der Waals surface area contributed by atoms with Crippen LogP contribution in [0.2, 0.25) is 0 Å². The van der Waals surface area contributed by atoms with E-state index in [2.05, 4.69) is 40.2 Å². The molecule has 3 rings (SSSR count). The Morgan fingerprint density at radius 3 is 2.81 bits per heavy atom. The second-order valence-corrected chi connectivity index (χ2v) is 6.13. The van der Waals surface area contributed by atoms with Crippen molar-refractivity contribution in [3.05, 3.63) is 34.6 Å². The van der Waals surface area contributed by atoms with Crippen LogP contribution in [0.5, 0.6) is 0 Å². The molecule has 21 heavy (non-hydrogen) atoms. The van der Waals surface area contributed by atoms with Gasteiger partial charge in [-0.1, -0.05) is 13.8 Å². The normalized spacial score (nSPS) is 27.5. The van der Waals surface area contributed by atoms with E-state index < -0.39 is 5.79 Å². The van der Waals surface area contributed by atoms with Crippen LogP contribution in [0, 0.1) is 0 Å². The van der Waals surface area contributed by atoms with Gasteiger partial charge in [0, 0.05) is 10.7 Å². The van der Waals surface area contributed by atoms with Gasteiger partial charge in [-0.25, -0.2) is 0 Å². The Labute approximate surface area is 132 Å². The topological polar surface area (TPSA) is 52.6 Å². The maximum absolute atomic E-state index is 6.07. The molecule has 1 N–H and O–H groups in total. The zero-order valence-corrected chi connectivity index (χ0v) is 13.7. The van der Waals surface area contributed by atoms with E-state index in [0.29, 0.717) is 6.61 Å². The number of pyridine rings is 1. The zero-order chi connectivity index (χ0) is 14.9. The summed E-state index contributed by atoms with van der Waals surface area (Å²) in [4.78, 5) is 9.97. The number of aromatic nitrogens is 1. The second kappa shape index (κ2) is 6.04. The van der Waals surface area contributed by atoms with Gasteiger partial charge in [-0.15, -0.1) is 0 Å². The van der Waals surface area contributed by atoms with Crippen molar-refractivity contribution in [3.63, 3.8) is 0 Å². The molecule has 2 unspecified atom stereocenters. The minimum Gasteiger partial charge on any atom is -0.347 e. The molecule has 6 heteroatoms. The number of ether oxygens (including phenoxy) is 2. The largest absolute Gasteiger partial charge is 0.347 e. The van der Waals surface area contributed by atoms with Gasteiger partial charge in [0.05, 0.1) is 18.0 Å². The standard InChI is InChI=1S/C15H19BrN2O3/c1-3-15(4-2)19-9-14(20-15)13-7-12(18-21-13)11-6-5-10(16)8-17-11/h5-8,13-14,18H,3-4,9H2,1-2H3. The minimum atomic E-state index is -0.458. The van der Waals surface area contributed by atoms with E-state index in [9.17, 15) is 0 Å². The summed E-state index contributed by atoms with van der Waals surface area (Å²) < 4.78 is 12.9. The first-order chi connectivity index (χ1) is 10.2. The van der Waals surface area contributed by atoms with Gasteiger partial charge < -0.3 is 9.47 Å². The van der Waals surface area contributed by atoms with Crippen molar-refractivity contribution in [1.82, 2.24) is 10.5 Å². The Balaban J connectivity index is 1.70. The van der Waals surface area contributed by atoms with Crippen LogP contribution in [0.25, 0.3) is 5.70 Å². The second-order valence-electron chi connectivity index (χ2n) is 5.21. The Morgan fingerprint density at radius 1 is 1.38 bits per heavy atom. The summed E-state index contributed by atoms with van der Waals surface area (Å²) in [5.41, 5.74) is 4.64. The third-order valence-corrected chi connectivity index (χ3v) is 4.43. The molecule has 1 aromatic heterocycles. The lowest BCUT2D eigenvalue weighted by atomic mass is 10.1. The third kappa shape index (κ3) is 2.99. The number of hydrogen-bond acceptors (Lipinski definition) is 5. The van der Waals surface area contributed by atoms with E-state index in [1.807, 2.05) is 18.2 Å². The molecule has 1 aromatic rings. The van der Waals surface area contributed by atoms with Crippen LogP contribution in [-0.2, 0) is 14.3 Å². The van der Waals surface area contributed by atoms with E-state index in [0.717, 1.165) is 28.7 Å². The van der Waals surface area contributed by atoms with Crippen molar-refractivity contribution in [1.29, 1.82) is 0 Å². The quantitative estimate of drug-likeness (QED) is 0.900. The molecule has 1 saturated heterocycles. The molecular formula is C15H19BrN2O3. The molecule has 0 aliphatic carbocycles. The highest BCUT2D eigenvalue weighted by Crippen LogP contribution is 2.33. The van der Waals surface area contributed by atoms with E-state index >= 15 is 0 Å². The molecule has 2 aliphatic heterocycles. The molecule has 2 atom stereocenters. The first-order valence-corrected chi connectivity index (χ1v) is 8.02. The lowest BCUT2D eigenvalue weighted by molar-refractivity contribution is -0.182. The molecule has 114 valence electrons. The van der Waals surface area contributed by atoms with E-state index in [1.165, 1.54) is 0 Å². The van der Waals surface area contributed by atoms with Crippen LogP contribution in [0.4, 0.5) is 0 Å². The maximum Gasteiger partial charge on any atom is 0.168 e. The first kappa shape index (κ1) is 15.0. The molecule has 0 aromatic carbocycles. The Kier molecular flexibility index (Phi) is 4.31. The van der Waals surface area contributed by atoms with Crippen LogP contribution in [0.15, 0.2) is 28.9 Å². The molecule has 0 radical (unpaired) electrons. The van der Waals surface area contributed by atoms with Crippen LogP contribution in [-0.4, -0.2) is 29.6 Å². The maximum atomic E-state index is 6.07. The number of nitrogens with one attached hydrogen (secondary N) is 1. The van der Waals surface area contributed by atoms with E-state index in [4.69, 9.17) is 14.3 Å². The lowest BCUT2D eigenvalue weighted by Gasteiger charge is -2.25. The first-order valence-electron chi connectivity index (χ1n) is 7.23. The molecule has 0 saturated carbocycles. The SMILES string of the molecule is CCC1(CC)OCC(C2C=C(c3ccc(Br)cn3)NO2)O1. The molecule has 1 fully saturated rings.